The van der Waals surface area contributed by atoms with E-state index in [2.05, 4.69) is 25.6 Å². The van der Waals surface area contributed by atoms with Gasteiger partial charge in [-0.05, 0) is 13.1 Å². The summed E-state index contributed by atoms with van der Waals surface area (Å²) in [5, 5.41) is 12.7. The molecule has 176 valence electrons. The zero-order chi connectivity index (χ0) is 26.5. The van der Waals surface area contributed by atoms with Crippen LogP contribution in [0.5, 0.6) is 0 Å². The number of pyridine rings is 1. The number of aryl methyl sites for hydroxylation is 1. The van der Waals surface area contributed by atoms with E-state index in [0.29, 0.717) is 31.0 Å². The van der Waals surface area contributed by atoms with Gasteiger partial charge in [0.25, 0.3) is 5.91 Å². The van der Waals surface area contributed by atoms with Crippen LogP contribution in [-0.4, -0.2) is 65.6 Å². The lowest BCUT2D eigenvalue weighted by molar-refractivity contribution is -0.124. The van der Waals surface area contributed by atoms with Crippen LogP contribution in [0.1, 0.15) is 20.0 Å². The first kappa shape index (κ1) is 18.5. The van der Waals surface area contributed by atoms with E-state index in [1.54, 1.807) is 10.7 Å². The summed E-state index contributed by atoms with van der Waals surface area (Å²) in [6.45, 7) is -0.699. The van der Waals surface area contributed by atoms with Crippen LogP contribution in [0.4, 0.5) is 22.9 Å². The molecule has 34 heavy (non-hydrogen) atoms. The molecule has 0 radical (unpaired) electrons. The molecule has 2 aliphatic heterocycles. The van der Waals surface area contributed by atoms with Crippen molar-refractivity contribution in [1.29, 1.82) is 0 Å². The van der Waals surface area contributed by atoms with Gasteiger partial charge in [0.2, 0.25) is 5.91 Å². The van der Waals surface area contributed by atoms with Gasteiger partial charge in [0, 0.05) is 74.4 Å². The maximum absolute atomic E-state index is 12.9. The third-order valence-electron chi connectivity index (χ3n) is 6.20. The summed E-state index contributed by atoms with van der Waals surface area (Å²) in [4.78, 5) is 33.8. The number of nitrogens with zero attached hydrogens (tertiary/aromatic N) is 5. The van der Waals surface area contributed by atoms with Crippen molar-refractivity contribution in [1.82, 2.24) is 25.0 Å². The topological polar surface area (TPSA) is 107 Å². The van der Waals surface area contributed by atoms with Gasteiger partial charge in [0.15, 0.2) is 0 Å². The highest BCUT2D eigenvalue weighted by atomic mass is 16.2. The van der Waals surface area contributed by atoms with Crippen molar-refractivity contribution in [2.75, 3.05) is 49.7 Å². The molecular weight excluding hydrogens is 432 g/mol. The molecule has 10 nitrogen and oxygen atoms in total. The lowest BCUT2D eigenvalue weighted by Gasteiger charge is -2.34. The minimum Gasteiger partial charge on any atom is -0.368 e. The molecule has 0 unspecified atom stereocenters. The van der Waals surface area contributed by atoms with Crippen LogP contribution in [0.2, 0.25) is 0 Å². The minimum atomic E-state index is -2.67. The number of para-hydroxylation sites is 1. The highest BCUT2D eigenvalue weighted by Crippen LogP contribution is 2.43. The van der Waals surface area contributed by atoms with Crippen molar-refractivity contribution in [3.05, 3.63) is 47.8 Å². The lowest BCUT2D eigenvalue weighted by Crippen LogP contribution is -2.49. The zero-order valence-electron chi connectivity index (χ0n) is 22.2. The molecule has 2 amide bonds. The van der Waals surface area contributed by atoms with Gasteiger partial charge in [-0.3, -0.25) is 14.3 Å². The van der Waals surface area contributed by atoms with Gasteiger partial charge in [0.05, 0.1) is 34.2 Å². The number of aromatic nitrogens is 3. The molecule has 1 aromatic carbocycles. The largest absolute Gasteiger partial charge is 0.368 e. The molecule has 1 saturated heterocycles. The SMILES string of the molecule is [2H]C([2H])([2H])NC(=O)c1cnc(NC(=O)C2CN(C)C2)cc1Nc1cccc2c1N(C)Cc1cn(C)nc1-2. The van der Waals surface area contributed by atoms with Gasteiger partial charge in [0.1, 0.15) is 5.82 Å². The lowest BCUT2D eigenvalue weighted by atomic mass is 9.99. The van der Waals surface area contributed by atoms with Crippen LogP contribution in [0.15, 0.2) is 36.7 Å². The summed E-state index contributed by atoms with van der Waals surface area (Å²) in [6.07, 6.45) is 3.26. The van der Waals surface area contributed by atoms with E-state index in [4.69, 9.17) is 4.11 Å². The third kappa shape index (κ3) is 3.86. The first-order valence-corrected chi connectivity index (χ1v) is 10.9. The number of anilines is 4. The molecular formula is C24H28N8O2. The van der Waals surface area contributed by atoms with Crippen molar-refractivity contribution in [2.24, 2.45) is 13.0 Å². The Balaban J connectivity index is 1.51. The Bertz CT molecular complexity index is 1380. The number of nitrogens with one attached hydrogen (secondary N) is 3. The number of benzene rings is 1. The van der Waals surface area contributed by atoms with Gasteiger partial charge in [-0.25, -0.2) is 4.98 Å². The van der Waals surface area contributed by atoms with Crippen LogP contribution in [0.3, 0.4) is 0 Å². The molecule has 0 saturated carbocycles. The smallest absolute Gasteiger partial charge is 0.254 e. The number of carbonyl (C=O) groups is 2. The molecule has 0 aliphatic carbocycles. The van der Waals surface area contributed by atoms with E-state index in [0.717, 1.165) is 22.5 Å². The van der Waals surface area contributed by atoms with Crippen LogP contribution in [-0.2, 0) is 18.4 Å². The van der Waals surface area contributed by atoms with Gasteiger partial charge in [-0.2, -0.15) is 5.10 Å². The van der Waals surface area contributed by atoms with Crippen LogP contribution < -0.4 is 20.9 Å². The van der Waals surface area contributed by atoms with Crippen molar-refractivity contribution in [2.45, 2.75) is 6.54 Å². The number of fused-ring (bicyclic) bond motifs is 3. The summed E-state index contributed by atoms with van der Waals surface area (Å²) < 4.78 is 24.1. The predicted octanol–water partition coefficient (Wildman–Crippen LogP) is 2.04. The summed E-state index contributed by atoms with van der Waals surface area (Å²) in [5.74, 6) is -0.837. The first-order valence-electron chi connectivity index (χ1n) is 12.4. The van der Waals surface area contributed by atoms with E-state index >= 15 is 0 Å². The van der Waals surface area contributed by atoms with E-state index in [-0.39, 0.29) is 23.2 Å². The Labute approximate surface area is 202 Å². The summed E-state index contributed by atoms with van der Waals surface area (Å²) in [5.41, 5.74) is 4.84. The second-order valence-corrected chi connectivity index (χ2v) is 8.84. The van der Waals surface area contributed by atoms with Crippen molar-refractivity contribution < 1.29 is 13.7 Å². The molecule has 0 bridgehead atoms. The van der Waals surface area contributed by atoms with Crippen molar-refractivity contribution in [3.8, 4) is 11.3 Å². The average molecular weight is 464 g/mol. The third-order valence-corrected chi connectivity index (χ3v) is 6.20. The predicted molar refractivity (Wildman–Crippen MR) is 131 cm³/mol. The minimum absolute atomic E-state index is 0.0343. The number of carbonyl (C=O) groups excluding carboxylic acids is 2. The Kier molecular flexibility index (Phi) is 4.60. The monoisotopic (exact) mass is 463 g/mol. The Morgan fingerprint density at radius 1 is 1.18 bits per heavy atom. The molecule has 2 aromatic heterocycles. The highest BCUT2D eigenvalue weighted by molar-refractivity contribution is 6.02. The van der Waals surface area contributed by atoms with Gasteiger partial charge >= 0.3 is 0 Å². The maximum atomic E-state index is 12.9. The fraction of sp³-hybridized carbons (Fsp3) is 0.333. The van der Waals surface area contributed by atoms with E-state index < -0.39 is 12.9 Å². The molecule has 4 heterocycles. The van der Waals surface area contributed by atoms with Crippen LogP contribution in [0.25, 0.3) is 11.3 Å². The van der Waals surface area contributed by atoms with Gasteiger partial charge in [-0.15, -0.1) is 0 Å². The highest BCUT2D eigenvalue weighted by Gasteiger charge is 2.30. The van der Waals surface area contributed by atoms with Crippen molar-refractivity contribution in [3.63, 3.8) is 0 Å². The molecule has 10 heteroatoms. The average Bonchev–Trinajstić information content (AvgIpc) is 3.16. The first-order chi connectivity index (χ1) is 17.5. The molecule has 1 fully saturated rings. The fourth-order valence-electron chi connectivity index (χ4n) is 4.57. The number of hydrogen-bond donors (Lipinski definition) is 3. The Morgan fingerprint density at radius 2 is 2.00 bits per heavy atom. The van der Waals surface area contributed by atoms with E-state index in [1.807, 2.05) is 55.8 Å². The molecule has 3 aromatic rings. The number of hydrogen-bond acceptors (Lipinski definition) is 7. The Hall–Kier alpha value is -3.92. The second-order valence-electron chi connectivity index (χ2n) is 8.84. The molecule has 3 N–H and O–H groups in total. The molecule has 2 aliphatic rings. The zero-order valence-corrected chi connectivity index (χ0v) is 19.2. The number of amides is 2. The summed E-state index contributed by atoms with van der Waals surface area (Å²) in [6, 6.07) is 7.29. The normalized spacial score (nSPS) is 16.9. The summed E-state index contributed by atoms with van der Waals surface area (Å²) in [7, 11) is 5.79. The van der Waals surface area contributed by atoms with Gasteiger partial charge in [-0.1, -0.05) is 12.1 Å². The molecule has 5 rings (SSSR count). The van der Waals surface area contributed by atoms with Crippen LogP contribution >= 0.6 is 0 Å². The second kappa shape index (κ2) is 8.45. The van der Waals surface area contributed by atoms with Crippen molar-refractivity contribution >= 4 is 34.7 Å². The molecule has 0 spiro atoms. The van der Waals surface area contributed by atoms with E-state index in [1.165, 1.54) is 6.20 Å². The molecule has 0 atom stereocenters. The number of rotatable bonds is 5. The quantitative estimate of drug-likeness (QED) is 0.531. The Morgan fingerprint density at radius 3 is 2.76 bits per heavy atom. The maximum Gasteiger partial charge on any atom is 0.254 e. The van der Waals surface area contributed by atoms with E-state index in [9.17, 15) is 9.59 Å². The van der Waals surface area contributed by atoms with Crippen LogP contribution in [0, 0.1) is 5.92 Å². The summed E-state index contributed by atoms with van der Waals surface area (Å²) >= 11 is 0. The fourth-order valence-corrected chi connectivity index (χ4v) is 4.57. The number of likely N-dealkylation sites (tertiary alicyclic amines) is 1. The van der Waals surface area contributed by atoms with Gasteiger partial charge < -0.3 is 25.8 Å². The standard InChI is InChI=1S/C24H28N8O2/c1-25-24(34)17-9-26-20(28-23(33)15-10-30(2)11-15)8-19(17)27-18-7-5-6-16-21-14(13-32(4)29-21)12-31(3)22(16)18/h5-9,13,15H,10-12H2,1-4H3,(H,25,34)(H2,26,27,28,33)/i1D3.